The highest BCUT2D eigenvalue weighted by molar-refractivity contribution is 5.33. The normalized spacial score (nSPS) is 15.1. The van der Waals surface area contributed by atoms with Crippen LogP contribution >= 0.6 is 0 Å². The third-order valence-electron chi connectivity index (χ3n) is 3.08. The van der Waals surface area contributed by atoms with E-state index in [4.69, 9.17) is 4.74 Å². The summed E-state index contributed by atoms with van der Waals surface area (Å²) in [6.45, 7) is 1.17. The van der Waals surface area contributed by atoms with Crippen LogP contribution in [0.5, 0.6) is 5.75 Å². The predicted molar refractivity (Wildman–Crippen MR) is 67.0 cm³/mol. The van der Waals surface area contributed by atoms with E-state index in [9.17, 15) is 0 Å². The molecule has 0 unspecified atom stereocenters. The van der Waals surface area contributed by atoms with E-state index in [0.29, 0.717) is 0 Å². The summed E-state index contributed by atoms with van der Waals surface area (Å²) in [7, 11) is 1.74. The van der Waals surface area contributed by atoms with Gasteiger partial charge in [0.2, 0.25) is 0 Å². The number of aryl methyl sites for hydroxylation is 1. The summed E-state index contributed by atoms with van der Waals surface area (Å²) in [6.07, 6.45) is 6.38. The maximum Gasteiger partial charge on any atom is 0.122 e. The number of hydrogen-bond acceptors (Lipinski definition) is 2. The van der Waals surface area contributed by atoms with Crippen molar-refractivity contribution in [1.29, 1.82) is 0 Å². The first-order valence-electron chi connectivity index (χ1n) is 6.25. The minimum atomic E-state index is 0.839. The number of benzene rings is 1. The maximum absolute atomic E-state index is 5.33. The van der Waals surface area contributed by atoms with Crippen LogP contribution in [0.3, 0.4) is 0 Å². The first kappa shape index (κ1) is 11.5. The molecule has 0 bridgehead atoms. The molecule has 0 radical (unpaired) electrons. The van der Waals surface area contributed by atoms with Crippen molar-refractivity contribution in [2.75, 3.05) is 13.7 Å². The van der Waals surface area contributed by atoms with E-state index in [1.165, 1.54) is 37.8 Å². The Kier molecular flexibility index (Phi) is 4.23. The van der Waals surface area contributed by atoms with Gasteiger partial charge in [0.1, 0.15) is 5.75 Å². The van der Waals surface area contributed by atoms with E-state index < -0.39 is 0 Å². The van der Waals surface area contributed by atoms with Gasteiger partial charge in [0, 0.05) is 6.04 Å². The minimum absolute atomic E-state index is 0.839. The number of nitrogens with one attached hydrogen (secondary N) is 1. The van der Waals surface area contributed by atoms with Crippen molar-refractivity contribution >= 4 is 0 Å². The predicted octanol–water partition coefficient (Wildman–Crippen LogP) is 2.77. The number of unbranched alkanes of at least 4 members (excludes halogenated alkanes) is 1. The van der Waals surface area contributed by atoms with Crippen molar-refractivity contribution in [3.05, 3.63) is 29.8 Å². The largest absolute Gasteiger partial charge is 0.496 e. The van der Waals surface area contributed by atoms with Crippen LogP contribution in [0.1, 0.15) is 31.2 Å². The summed E-state index contributed by atoms with van der Waals surface area (Å²) in [4.78, 5) is 0. The molecule has 1 aromatic carbocycles. The van der Waals surface area contributed by atoms with E-state index >= 15 is 0 Å². The molecular weight excluding hydrogens is 198 g/mol. The van der Waals surface area contributed by atoms with Gasteiger partial charge in [-0.15, -0.1) is 0 Å². The molecule has 0 saturated heterocycles. The number of hydrogen-bond donors (Lipinski definition) is 1. The van der Waals surface area contributed by atoms with Gasteiger partial charge in [-0.2, -0.15) is 0 Å². The SMILES string of the molecule is COc1ccccc1CCCCNC1CC1. The van der Waals surface area contributed by atoms with Gasteiger partial charge in [0.15, 0.2) is 0 Å². The number of methoxy groups -OCH3 is 1. The van der Waals surface area contributed by atoms with E-state index in [1.54, 1.807) is 7.11 Å². The lowest BCUT2D eigenvalue weighted by Crippen LogP contribution is -2.17. The highest BCUT2D eigenvalue weighted by atomic mass is 16.5. The van der Waals surface area contributed by atoms with Crippen molar-refractivity contribution in [2.45, 2.75) is 38.1 Å². The van der Waals surface area contributed by atoms with Gasteiger partial charge in [-0.1, -0.05) is 18.2 Å². The van der Waals surface area contributed by atoms with Gasteiger partial charge in [-0.25, -0.2) is 0 Å². The summed E-state index contributed by atoms with van der Waals surface area (Å²) >= 11 is 0. The van der Waals surface area contributed by atoms with Gasteiger partial charge in [-0.3, -0.25) is 0 Å². The van der Waals surface area contributed by atoms with E-state index in [0.717, 1.165) is 18.2 Å². The molecule has 88 valence electrons. The molecule has 2 rings (SSSR count). The molecule has 0 spiro atoms. The summed E-state index contributed by atoms with van der Waals surface area (Å²) < 4.78 is 5.33. The van der Waals surface area contributed by atoms with Crippen LogP contribution in [0, 0.1) is 0 Å². The average molecular weight is 219 g/mol. The second-order valence-corrected chi connectivity index (χ2v) is 4.50. The molecule has 0 aliphatic heterocycles. The Morgan fingerprint density at radius 2 is 2.06 bits per heavy atom. The molecule has 1 aliphatic rings. The molecular formula is C14H21NO. The average Bonchev–Trinajstić information content (AvgIpc) is 3.13. The zero-order valence-corrected chi connectivity index (χ0v) is 10.0. The highest BCUT2D eigenvalue weighted by Crippen LogP contribution is 2.20. The lowest BCUT2D eigenvalue weighted by molar-refractivity contribution is 0.408. The lowest BCUT2D eigenvalue weighted by Gasteiger charge is -2.08. The van der Waals surface area contributed by atoms with E-state index in [2.05, 4.69) is 17.4 Å². The lowest BCUT2D eigenvalue weighted by atomic mass is 10.1. The fourth-order valence-electron chi connectivity index (χ4n) is 1.94. The second-order valence-electron chi connectivity index (χ2n) is 4.50. The van der Waals surface area contributed by atoms with Crippen molar-refractivity contribution in [3.63, 3.8) is 0 Å². The van der Waals surface area contributed by atoms with Crippen molar-refractivity contribution in [3.8, 4) is 5.75 Å². The molecule has 1 N–H and O–H groups in total. The number of rotatable bonds is 7. The minimum Gasteiger partial charge on any atom is -0.496 e. The molecule has 1 aliphatic carbocycles. The Morgan fingerprint density at radius 3 is 2.81 bits per heavy atom. The van der Waals surface area contributed by atoms with E-state index in [1.807, 2.05) is 12.1 Å². The van der Waals surface area contributed by atoms with Crippen LogP contribution in [0.15, 0.2) is 24.3 Å². The Balaban J connectivity index is 1.67. The monoisotopic (exact) mass is 219 g/mol. The summed E-state index contributed by atoms with van der Waals surface area (Å²) in [5.41, 5.74) is 1.33. The van der Waals surface area contributed by atoms with E-state index in [-0.39, 0.29) is 0 Å². The second kappa shape index (κ2) is 5.90. The van der Waals surface area contributed by atoms with Gasteiger partial charge in [0.25, 0.3) is 0 Å². The number of para-hydroxylation sites is 1. The summed E-state index contributed by atoms with van der Waals surface area (Å²) in [5, 5.41) is 3.54. The zero-order valence-electron chi connectivity index (χ0n) is 10.0. The first-order valence-corrected chi connectivity index (χ1v) is 6.25. The topological polar surface area (TPSA) is 21.3 Å². The van der Waals surface area contributed by atoms with Gasteiger partial charge in [-0.05, 0) is 50.3 Å². The van der Waals surface area contributed by atoms with Gasteiger partial charge < -0.3 is 10.1 Å². The molecule has 0 atom stereocenters. The summed E-state index contributed by atoms with van der Waals surface area (Å²) in [5.74, 6) is 1.03. The first-order chi connectivity index (χ1) is 7.90. The zero-order chi connectivity index (χ0) is 11.2. The molecule has 0 amide bonds. The maximum atomic E-state index is 5.33. The highest BCUT2D eigenvalue weighted by Gasteiger charge is 2.19. The van der Waals surface area contributed by atoms with Crippen LogP contribution in [0.2, 0.25) is 0 Å². The van der Waals surface area contributed by atoms with Crippen LogP contribution in [0.25, 0.3) is 0 Å². The van der Waals surface area contributed by atoms with Crippen molar-refractivity contribution in [1.82, 2.24) is 5.32 Å². The van der Waals surface area contributed by atoms with Crippen molar-refractivity contribution < 1.29 is 4.74 Å². The third-order valence-corrected chi connectivity index (χ3v) is 3.08. The van der Waals surface area contributed by atoms with Gasteiger partial charge >= 0.3 is 0 Å². The van der Waals surface area contributed by atoms with Crippen molar-refractivity contribution in [2.24, 2.45) is 0 Å². The Bertz CT molecular complexity index is 320. The quantitative estimate of drug-likeness (QED) is 0.712. The molecule has 1 saturated carbocycles. The van der Waals surface area contributed by atoms with Crippen LogP contribution < -0.4 is 10.1 Å². The summed E-state index contributed by atoms with van der Waals surface area (Å²) in [6, 6.07) is 9.15. The molecule has 1 fully saturated rings. The van der Waals surface area contributed by atoms with Gasteiger partial charge in [0.05, 0.1) is 7.11 Å². The molecule has 1 aromatic rings. The molecule has 0 heterocycles. The fraction of sp³-hybridized carbons (Fsp3) is 0.571. The Labute approximate surface area is 98.0 Å². The molecule has 2 nitrogen and oxygen atoms in total. The molecule has 0 aromatic heterocycles. The Morgan fingerprint density at radius 1 is 1.25 bits per heavy atom. The van der Waals surface area contributed by atoms with Crippen LogP contribution in [0.4, 0.5) is 0 Å². The van der Waals surface area contributed by atoms with Crippen LogP contribution in [-0.2, 0) is 6.42 Å². The Hall–Kier alpha value is -1.02. The molecule has 16 heavy (non-hydrogen) atoms. The fourth-order valence-corrected chi connectivity index (χ4v) is 1.94. The third kappa shape index (κ3) is 3.53. The van der Waals surface area contributed by atoms with Crippen LogP contribution in [-0.4, -0.2) is 19.7 Å². The standard InChI is InChI=1S/C14H21NO/c1-16-14-8-3-2-6-12(14)7-4-5-11-15-13-9-10-13/h2-3,6,8,13,15H,4-5,7,9-11H2,1H3. The smallest absolute Gasteiger partial charge is 0.122 e. The number of ether oxygens (including phenoxy) is 1. The molecule has 2 heteroatoms.